The number of halogens is 3. The zero-order valence-corrected chi connectivity index (χ0v) is 19.2. The van der Waals surface area contributed by atoms with Crippen molar-refractivity contribution in [1.29, 1.82) is 0 Å². The van der Waals surface area contributed by atoms with Gasteiger partial charge in [0.25, 0.3) is 0 Å². The normalized spacial score (nSPS) is 23.0. The van der Waals surface area contributed by atoms with Crippen LogP contribution < -0.4 is 9.57 Å². The molecule has 2 aromatic rings. The SMILES string of the molecule is Cc1ccc(O[C@H]2C[C@H]3COC[C@@H](C2)N3Oc2ccc(C(F)(F)F)cc2C(=O)OC(C)C)nc1. The van der Waals surface area contributed by atoms with Crippen LogP contribution in [0.1, 0.15) is 48.2 Å². The van der Waals surface area contributed by atoms with E-state index in [1.807, 2.05) is 19.1 Å². The summed E-state index contributed by atoms with van der Waals surface area (Å²) in [4.78, 5) is 22.9. The number of carbonyl (C=O) groups is 1. The van der Waals surface area contributed by atoms with Gasteiger partial charge in [-0.3, -0.25) is 0 Å². The molecule has 0 amide bonds. The van der Waals surface area contributed by atoms with Crippen LogP contribution in [-0.4, -0.2) is 53.5 Å². The first-order valence-electron chi connectivity index (χ1n) is 11.2. The second-order valence-electron chi connectivity index (χ2n) is 8.84. The molecule has 1 aromatic heterocycles. The Morgan fingerprint density at radius 3 is 2.44 bits per heavy atom. The van der Waals surface area contributed by atoms with Crippen molar-refractivity contribution in [2.75, 3.05) is 13.2 Å². The fourth-order valence-electron chi connectivity index (χ4n) is 4.11. The van der Waals surface area contributed by atoms with Crippen LogP contribution in [0.3, 0.4) is 0 Å². The van der Waals surface area contributed by atoms with Gasteiger partial charge in [0.1, 0.15) is 11.7 Å². The maximum atomic E-state index is 13.3. The maximum absolute atomic E-state index is 13.3. The largest absolute Gasteiger partial charge is 0.474 e. The van der Waals surface area contributed by atoms with Crippen LogP contribution in [0.15, 0.2) is 36.5 Å². The number of hydrogen-bond donors (Lipinski definition) is 0. The first-order valence-corrected chi connectivity index (χ1v) is 11.2. The van der Waals surface area contributed by atoms with E-state index in [0.29, 0.717) is 31.9 Å². The molecule has 0 saturated carbocycles. The summed E-state index contributed by atoms with van der Waals surface area (Å²) in [6, 6.07) is 6.15. The second kappa shape index (κ2) is 9.79. The summed E-state index contributed by atoms with van der Waals surface area (Å²) in [5.41, 5.74) is -0.189. The van der Waals surface area contributed by atoms with Crippen LogP contribution in [0, 0.1) is 6.92 Å². The lowest BCUT2D eigenvalue weighted by Gasteiger charge is -2.46. The third kappa shape index (κ3) is 5.61. The lowest BCUT2D eigenvalue weighted by molar-refractivity contribution is -0.222. The minimum atomic E-state index is -4.60. The third-order valence-corrected chi connectivity index (χ3v) is 5.66. The molecule has 2 aliphatic heterocycles. The van der Waals surface area contributed by atoms with Crippen molar-refractivity contribution in [3.63, 3.8) is 0 Å². The average Bonchev–Trinajstić information content (AvgIpc) is 2.75. The average molecular weight is 480 g/mol. The highest BCUT2D eigenvalue weighted by Crippen LogP contribution is 2.36. The van der Waals surface area contributed by atoms with E-state index in [2.05, 4.69) is 4.98 Å². The Morgan fingerprint density at radius 1 is 1.15 bits per heavy atom. The molecule has 2 saturated heterocycles. The van der Waals surface area contributed by atoms with Crippen molar-refractivity contribution >= 4 is 5.97 Å². The number of hydroxylamine groups is 2. The standard InChI is InChI=1S/C24H27F3N2O5/c1-14(2)32-23(30)20-8-16(24(25,26)27)5-6-21(20)34-29-17-9-19(10-18(29)13-31-12-17)33-22-7-4-15(3)11-28-22/h4-8,11,14,17-19H,9-10,12-13H2,1-3H3/t17-,18+,19-. The number of aromatic nitrogens is 1. The van der Waals surface area contributed by atoms with Gasteiger partial charge in [0.2, 0.25) is 5.88 Å². The van der Waals surface area contributed by atoms with Crippen LogP contribution in [0.5, 0.6) is 11.6 Å². The number of nitrogens with zero attached hydrogens (tertiary/aromatic N) is 2. The van der Waals surface area contributed by atoms with Gasteiger partial charge in [-0.2, -0.15) is 13.2 Å². The van der Waals surface area contributed by atoms with Gasteiger partial charge in [-0.1, -0.05) is 6.07 Å². The van der Waals surface area contributed by atoms with Gasteiger partial charge < -0.3 is 19.0 Å². The zero-order valence-electron chi connectivity index (χ0n) is 19.2. The fourth-order valence-corrected chi connectivity index (χ4v) is 4.11. The molecule has 2 bridgehead atoms. The molecule has 0 aliphatic carbocycles. The van der Waals surface area contributed by atoms with Crippen LogP contribution in [0.4, 0.5) is 13.2 Å². The number of morpholine rings is 1. The minimum Gasteiger partial charge on any atom is -0.474 e. The van der Waals surface area contributed by atoms with E-state index in [1.54, 1.807) is 25.1 Å². The Morgan fingerprint density at radius 2 is 1.85 bits per heavy atom. The van der Waals surface area contributed by atoms with Gasteiger partial charge in [0, 0.05) is 25.1 Å². The number of ether oxygens (including phenoxy) is 3. The summed E-state index contributed by atoms with van der Waals surface area (Å²) in [5.74, 6) is -0.332. The molecule has 184 valence electrons. The van der Waals surface area contributed by atoms with Crippen molar-refractivity contribution in [2.45, 2.75) is 64.1 Å². The Balaban J connectivity index is 1.53. The minimum absolute atomic E-state index is 0.00937. The van der Waals surface area contributed by atoms with Gasteiger partial charge >= 0.3 is 12.1 Å². The predicted molar refractivity (Wildman–Crippen MR) is 115 cm³/mol. The number of esters is 1. The van der Waals surface area contributed by atoms with Crippen LogP contribution in [0.25, 0.3) is 0 Å². The number of pyridine rings is 1. The molecule has 3 heterocycles. The lowest BCUT2D eigenvalue weighted by Crippen LogP contribution is -2.60. The summed E-state index contributed by atoms with van der Waals surface area (Å²) >= 11 is 0. The molecule has 4 rings (SSSR count). The molecular weight excluding hydrogens is 453 g/mol. The predicted octanol–water partition coefficient (Wildman–Crippen LogP) is 4.58. The number of piperidine rings is 1. The number of aryl methyl sites for hydroxylation is 1. The molecule has 0 N–H and O–H groups in total. The summed E-state index contributed by atoms with van der Waals surface area (Å²) in [5, 5.41) is 1.71. The topological polar surface area (TPSA) is 70.1 Å². The molecule has 3 atom stereocenters. The molecule has 1 aromatic carbocycles. The van der Waals surface area contributed by atoms with Gasteiger partial charge in [0.05, 0.1) is 37.0 Å². The van der Waals surface area contributed by atoms with Gasteiger partial charge in [-0.15, -0.1) is 5.06 Å². The number of benzene rings is 1. The summed E-state index contributed by atoms with van der Waals surface area (Å²) in [6.45, 7) is 5.93. The van der Waals surface area contributed by atoms with E-state index in [1.165, 1.54) is 0 Å². The maximum Gasteiger partial charge on any atom is 0.416 e. The number of hydrogen-bond acceptors (Lipinski definition) is 7. The van der Waals surface area contributed by atoms with Gasteiger partial charge in [-0.25, -0.2) is 9.78 Å². The molecule has 34 heavy (non-hydrogen) atoms. The molecule has 2 aliphatic rings. The Kier molecular flexibility index (Phi) is 6.99. The number of fused-ring (bicyclic) bond motifs is 2. The highest BCUT2D eigenvalue weighted by atomic mass is 19.4. The van der Waals surface area contributed by atoms with E-state index < -0.39 is 23.8 Å². The first-order chi connectivity index (χ1) is 16.1. The smallest absolute Gasteiger partial charge is 0.416 e. The van der Waals surface area contributed by atoms with Crippen molar-refractivity contribution < 1.29 is 37.0 Å². The summed E-state index contributed by atoms with van der Waals surface area (Å²) in [6.07, 6.45) is -2.34. The van der Waals surface area contributed by atoms with E-state index in [9.17, 15) is 18.0 Å². The highest BCUT2D eigenvalue weighted by molar-refractivity contribution is 5.92. The van der Waals surface area contributed by atoms with Crippen molar-refractivity contribution in [3.8, 4) is 11.6 Å². The summed E-state index contributed by atoms with van der Waals surface area (Å²) in [7, 11) is 0. The Bertz CT molecular complexity index is 999. The Hall–Kier alpha value is -2.85. The summed E-state index contributed by atoms with van der Waals surface area (Å²) < 4.78 is 56.7. The Labute approximate surface area is 195 Å². The van der Waals surface area contributed by atoms with E-state index >= 15 is 0 Å². The van der Waals surface area contributed by atoms with Crippen molar-refractivity contribution in [1.82, 2.24) is 10.0 Å². The molecular formula is C24H27F3N2O5. The lowest BCUT2D eigenvalue weighted by atomic mass is 9.94. The number of carbonyl (C=O) groups excluding carboxylic acids is 1. The highest BCUT2D eigenvalue weighted by Gasteiger charge is 2.43. The first kappa shape index (κ1) is 24.3. The zero-order chi connectivity index (χ0) is 24.5. The van der Waals surface area contributed by atoms with Crippen LogP contribution >= 0.6 is 0 Å². The van der Waals surface area contributed by atoms with Gasteiger partial charge in [-0.05, 0) is 44.5 Å². The second-order valence-corrected chi connectivity index (χ2v) is 8.84. The monoisotopic (exact) mass is 480 g/mol. The van der Waals surface area contributed by atoms with E-state index in [-0.39, 0.29) is 29.5 Å². The molecule has 2 fully saturated rings. The molecule has 0 radical (unpaired) electrons. The van der Waals surface area contributed by atoms with Gasteiger partial charge in [0.15, 0.2) is 5.75 Å². The number of alkyl halides is 3. The van der Waals surface area contributed by atoms with E-state index in [0.717, 1.165) is 23.8 Å². The molecule has 0 unspecified atom stereocenters. The number of rotatable bonds is 6. The molecule has 0 spiro atoms. The fraction of sp³-hybridized carbons (Fsp3) is 0.500. The van der Waals surface area contributed by atoms with Crippen molar-refractivity contribution in [3.05, 3.63) is 53.2 Å². The quantitative estimate of drug-likeness (QED) is 0.561. The van der Waals surface area contributed by atoms with Crippen LogP contribution in [0.2, 0.25) is 0 Å². The molecule has 7 nitrogen and oxygen atoms in total. The molecule has 10 heteroatoms. The van der Waals surface area contributed by atoms with Crippen LogP contribution in [-0.2, 0) is 15.7 Å². The third-order valence-electron chi connectivity index (χ3n) is 5.66. The van der Waals surface area contributed by atoms with E-state index in [4.69, 9.17) is 19.0 Å². The van der Waals surface area contributed by atoms with Crippen molar-refractivity contribution in [2.24, 2.45) is 0 Å².